The number of hydrogen-bond donors (Lipinski definition) is 0. The van der Waals surface area contributed by atoms with E-state index in [-0.39, 0.29) is 0 Å². The van der Waals surface area contributed by atoms with Crippen molar-refractivity contribution in [2.75, 3.05) is 38.1 Å². The van der Waals surface area contributed by atoms with Crippen LogP contribution in [0.5, 0.6) is 0 Å². The highest BCUT2D eigenvalue weighted by Crippen LogP contribution is 2.16. The number of aromatic nitrogens is 4. The minimum Gasteiger partial charge on any atom is -0.338 e. The predicted molar refractivity (Wildman–Crippen MR) is 65.0 cm³/mol. The first-order valence-electron chi connectivity index (χ1n) is 5.86. The Morgan fingerprint density at radius 1 is 1.17 bits per heavy atom. The van der Waals surface area contributed by atoms with Gasteiger partial charge in [-0.05, 0) is 13.1 Å². The molecule has 7 nitrogen and oxygen atoms in total. The average Bonchev–Trinajstić information content (AvgIpc) is 2.94. The molecule has 0 aliphatic carbocycles. The van der Waals surface area contributed by atoms with E-state index in [9.17, 15) is 0 Å². The Morgan fingerprint density at radius 2 is 2.00 bits per heavy atom. The van der Waals surface area contributed by atoms with E-state index in [0.717, 1.165) is 32.1 Å². The molecule has 3 rings (SSSR count). The molecule has 0 N–H and O–H groups in total. The van der Waals surface area contributed by atoms with Crippen molar-refractivity contribution >= 4 is 5.95 Å². The number of anilines is 1. The van der Waals surface area contributed by atoms with Crippen molar-refractivity contribution in [2.45, 2.75) is 0 Å². The summed E-state index contributed by atoms with van der Waals surface area (Å²) in [5.41, 5.74) is 0.663. The number of nitrogens with zero attached hydrogens (tertiary/aromatic N) is 6. The van der Waals surface area contributed by atoms with Crippen molar-refractivity contribution in [3.05, 3.63) is 18.6 Å². The van der Waals surface area contributed by atoms with Crippen molar-refractivity contribution < 1.29 is 4.52 Å². The standard InChI is InChI=1S/C11H14N6O/c1-16-4-6-17(7-5-16)11-12-3-2-9(15-11)10-13-8-14-18-10/h2-3,8H,4-7H2,1H3. The molecule has 0 unspecified atom stereocenters. The molecule has 1 aliphatic rings. The van der Waals surface area contributed by atoms with Gasteiger partial charge in [-0.15, -0.1) is 0 Å². The minimum absolute atomic E-state index is 0.424. The molecule has 2 aromatic heterocycles. The van der Waals surface area contributed by atoms with Crippen LogP contribution in [-0.2, 0) is 0 Å². The number of hydrogen-bond acceptors (Lipinski definition) is 7. The highest BCUT2D eigenvalue weighted by molar-refractivity contribution is 5.48. The summed E-state index contributed by atoms with van der Waals surface area (Å²) in [6.07, 6.45) is 3.09. The monoisotopic (exact) mass is 246 g/mol. The maximum Gasteiger partial charge on any atom is 0.276 e. The Morgan fingerprint density at radius 3 is 2.72 bits per heavy atom. The second-order valence-corrected chi connectivity index (χ2v) is 4.28. The summed E-state index contributed by atoms with van der Waals surface area (Å²) < 4.78 is 5.00. The normalized spacial score (nSPS) is 17.1. The predicted octanol–water partition coefficient (Wildman–Crippen LogP) is 0.278. The van der Waals surface area contributed by atoms with E-state index in [1.165, 1.54) is 6.33 Å². The Balaban J connectivity index is 1.83. The zero-order chi connectivity index (χ0) is 12.4. The SMILES string of the molecule is CN1CCN(c2nccc(-c3ncno3)n2)CC1. The smallest absolute Gasteiger partial charge is 0.276 e. The van der Waals surface area contributed by atoms with E-state index in [4.69, 9.17) is 4.52 Å². The summed E-state index contributed by atoms with van der Waals surface area (Å²) in [4.78, 5) is 17.2. The van der Waals surface area contributed by atoms with Crippen LogP contribution in [0.1, 0.15) is 0 Å². The van der Waals surface area contributed by atoms with Gasteiger partial charge in [0.25, 0.3) is 5.89 Å². The molecule has 94 valence electrons. The van der Waals surface area contributed by atoms with E-state index in [2.05, 4.69) is 37.0 Å². The van der Waals surface area contributed by atoms with E-state index >= 15 is 0 Å². The van der Waals surface area contributed by atoms with E-state index in [0.29, 0.717) is 11.6 Å². The van der Waals surface area contributed by atoms with Crippen molar-refractivity contribution in [2.24, 2.45) is 0 Å². The maximum absolute atomic E-state index is 5.00. The highest BCUT2D eigenvalue weighted by Gasteiger charge is 2.17. The van der Waals surface area contributed by atoms with Crippen LogP contribution in [-0.4, -0.2) is 58.2 Å². The summed E-state index contributed by atoms with van der Waals surface area (Å²) >= 11 is 0. The Labute approximate surface area is 104 Å². The molecule has 3 heterocycles. The summed E-state index contributed by atoms with van der Waals surface area (Å²) in [5, 5.41) is 3.58. The van der Waals surface area contributed by atoms with Crippen molar-refractivity contribution in [1.82, 2.24) is 25.0 Å². The molecule has 2 aromatic rings. The summed E-state index contributed by atoms with van der Waals surface area (Å²) in [6.45, 7) is 3.91. The van der Waals surface area contributed by atoms with Crippen LogP contribution in [0.25, 0.3) is 11.6 Å². The fourth-order valence-electron chi connectivity index (χ4n) is 1.91. The van der Waals surface area contributed by atoms with Crippen molar-refractivity contribution in [3.8, 4) is 11.6 Å². The summed E-state index contributed by atoms with van der Waals surface area (Å²) in [6, 6.07) is 1.77. The third-order valence-electron chi connectivity index (χ3n) is 3.01. The minimum atomic E-state index is 0.424. The van der Waals surface area contributed by atoms with E-state index < -0.39 is 0 Å². The van der Waals surface area contributed by atoms with Gasteiger partial charge in [0.05, 0.1) is 0 Å². The lowest BCUT2D eigenvalue weighted by atomic mass is 10.3. The van der Waals surface area contributed by atoms with Gasteiger partial charge in [-0.2, -0.15) is 4.98 Å². The molecule has 0 bridgehead atoms. The Hall–Kier alpha value is -2.02. The van der Waals surface area contributed by atoms with Gasteiger partial charge in [0.2, 0.25) is 5.95 Å². The summed E-state index contributed by atoms with van der Waals surface area (Å²) in [7, 11) is 2.12. The van der Waals surface area contributed by atoms with Gasteiger partial charge in [-0.3, -0.25) is 0 Å². The third kappa shape index (κ3) is 2.17. The van der Waals surface area contributed by atoms with Crippen LogP contribution in [0.15, 0.2) is 23.1 Å². The molecule has 1 fully saturated rings. The molecule has 7 heteroatoms. The lowest BCUT2D eigenvalue weighted by Gasteiger charge is -2.32. The fourth-order valence-corrected chi connectivity index (χ4v) is 1.91. The average molecular weight is 246 g/mol. The van der Waals surface area contributed by atoms with Gasteiger partial charge in [0.1, 0.15) is 5.69 Å². The van der Waals surface area contributed by atoms with Crippen LogP contribution in [0, 0.1) is 0 Å². The molecule has 0 amide bonds. The molecule has 0 radical (unpaired) electrons. The van der Waals surface area contributed by atoms with Gasteiger partial charge in [0.15, 0.2) is 6.33 Å². The van der Waals surface area contributed by atoms with Crippen LogP contribution < -0.4 is 4.90 Å². The number of rotatable bonds is 2. The third-order valence-corrected chi connectivity index (χ3v) is 3.01. The Bertz CT molecular complexity index is 506. The maximum atomic E-state index is 5.00. The summed E-state index contributed by atoms with van der Waals surface area (Å²) in [5.74, 6) is 1.14. The van der Waals surface area contributed by atoms with Gasteiger partial charge in [-0.25, -0.2) is 9.97 Å². The number of piperazine rings is 1. The van der Waals surface area contributed by atoms with E-state index in [1.807, 2.05) is 0 Å². The quantitative estimate of drug-likeness (QED) is 0.753. The Kier molecular flexibility index (Phi) is 2.89. The van der Waals surface area contributed by atoms with Crippen LogP contribution >= 0.6 is 0 Å². The van der Waals surface area contributed by atoms with Gasteiger partial charge >= 0.3 is 0 Å². The number of likely N-dealkylation sites (N-methyl/N-ethyl adjacent to an activating group) is 1. The first-order valence-corrected chi connectivity index (χ1v) is 5.86. The van der Waals surface area contributed by atoms with Crippen molar-refractivity contribution in [3.63, 3.8) is 0 Å². The lowest BCUT2D eigenvalue weighted by molar-refractivity contribution is 0.311. The molecule has 1 saturated heterocycles. The molecule has 0 spiro atoms. The van der Waals surface area contributed by atoms with Gasteiger partial charge < -0.3 is 14.3 Å². The molecule has 0 atom stereocenters. The zero-order valence-electron chi connectivity index (χ0n) is 10.2. The molecule has 1 aliphatic heterocycles. The second kappa shape index (κ2) is 4.69. The lowest BCUT2D eigenvalue weighted by Crippen LogP contribution is -2.45. The van der Waals surface area contributed by atoms with Gasteiger partial charge in [-0.1, -0.05) is 5.16 Å². The first-order chi connectivity index (χ1) is 8.83. The second-order valence-electron chi connectivity index (χ2n) is 4.28. The largest absolute Gasteiger partial charge is 0.338 e. The van der Waals surface area contributed by atoms with Crippen LogP contribution in [0.4, 0.5) is 5.95 Å². The molecule has 0 aromatic carbocycles. The molecule has 0 saturated carbocycles. The van der Waals surface area contributed by atoms with Crippen molar-refractivity contribution in [1.29, 1.82) is 0 Å². The zero-order valence-corrected chi connectivity index (χ0v) is 10.2. The molecule has 18 heavy (non-hydrogen) atoms. The fraction of sp³-hybridized carbons (Fsp3) is 0.455. The van der Waals surface area contributed by atoms with Gasteiger partial charge in [0, 0.05) is 32.4 Å². The van der Waals surface area contributed by atoms with Crippen LogP contribution in [0.3, 0.4) is 0 Å². The van der Waals surface area contributed by atoms with Crippen LogP contribution in [0.2, 0.25) is 0 Å². The molecular formula is C11H14N6O. The molecular weight excluding hydrogens is 232 g/mol. The highest BCUT2D eigenvalue weighted by atomic mass is 16.5. The van der Waals surface area contributed by atoms with E-state index in [1.54, 1.807) is 12.3 Å². The first kappa shape index (κ1) is 11.1. The topological polar surface area (TPSA) is 71.2 Å².